The minimum Gasteiger partial charge on any atom is -0.359 e. The molecule has 0 fully saturated rings. The van der Waals surface area contributed by atoms with Crippen LogP contribution >= 0.6 is 0 Å². The highest BCUT2D eigenvalue weighted by Gasteiger charge is 2.15. The van der Waals surface area contributed by atoms with E-state index in [4.69, 9.17) is 14.5 Å². The van der Waals surface area contributed by atoms with Gasteiger partial charge in [0, 0.05) is 18.9 Å². The van der Waals surface area contributed by atoms with Crippen LogP contribution in [0.25, 0.3) is 0 Å². The normalized spacial score (nSPS) is 19.6. The van der Waals surface area contributed by atoms with Gasteiger partial charge in [-0.15, -0.1) is 0 Å². The summed E-state index contributed by atoms with van der Waals surface area (Å²) in [6.45, 7) is 4.85. The fourth-order valence-electron chi connectivity index (χ4n) is 3.27. The summed E-state index contributed by atoms with van der Waals surface area (Å²) in [5.74, 6) is 0. The zero-order valence-electron chi connectivity index (χ0n) is 16.3. The summed E-state index contributed by atoms with van der Waals surface area (Å²) in [6.07, 6.45) is 19.4. The highest BCUT2D eigenvalue weighted by molar-refractivity contribution is 5.85. The number of aliphatic imine (C=N–C) groups is 1. The van der Waals surface area contributed by atoms with Gasteiger partial charge in [0.2, 0.25) is 0 Å². The van der Waals surface area contributed by atoms with Gasteiger partial charge in [0.05, 0.1) is 6.10 Å². The van der Waals surface area contributed by atoms with Crippen molar-refractivity contribution in [2.75, 3.05) is 13.9 Å². The molecule has 0 amide bonds. The summed E-state index contributed by atoms with van der Waals surface area (Å²) in [6, 6.07) is 0.602. The maximum absolute atomic E-state index is 5.76. The van der Waals surface area contributed by atoms with Crippen molar-refractivity contribution in [1.82, 2.24) is 0 Å². The molecular weight excluding hydrogens is 298 g/mol. The van der Waals surface area contributed by atoms with E-state index in [0.717, 1.165) is 25.7 Å². The third-order valence-electron chi connectivity index (χ3n) is 4.67. The molecule has 0 aromatic rings. The molecule has 3 nitrogen and oxygen atoms in total. The standard InChI is InChI=1S/C21H39NO2/c1-4-6-8-12-19-13-10-14-20(22-19)15-11-17-21(24-18-23-3)16-9-7-5-2/h9,16,19,21H,4-8,10-15,17-18H2,1-3H3/b16-9+/t19-,21-/m1/s1. The third-order valence-corrected chi connectivity index (χ3v) is 4.67. The summed E-state index contributed by atoms with van der Waals surface area (Å²) < 4.78 is 10.8. The Morgan fingerprint density at radius 2 is 2.08 bits per heavy atom. The van der Waals surface area contributed by atoms with Crippen molar-refractivity contribution in [3.8, 4) is 0 Å². The molecule has 2 atom stereocenters. The van der Waals surface area contributed by atoms with E-state index >= 15 is 0 Å². The second-order valence-electron chi connectivity index (χ2n) is 6.96. The summed E-state index contributed by atoms with van der Waals surface area (Å²) in [7, 11) is 1.68. The van der Waals surface area contributed by atoms with Crippen molar-refractivity contribution in [2.24, 2.45) is 4.99 Å². The predicted octanol–water partition coefficient (Wildman–Crippen LogP) is 6.08. The van der Waals surface area contributed by atoms with Crippen LogP contribution in [0, 0.1) is 0 Å². The lowest BCUT2D eigenvalue weighted by atomic mass is 9.96. The van der Waals surface area contributed by atoms with Crippen LogP contribution in [0.2, 0.25) is 0 Å². The van der Waals surface area contributed by atoms with E-state index in [2.05, 4.69) is 26.0 Å². The molecule has 1 rings (SSSR count). The molecule has 0 aromatic heterocycles. The zero-order chi connectivity index (χ0) is 17.5. The molecule has 0 aromatic carbocycles. The molecule has 0 aliphatic carbocycles. The molecule has 0 radical (unpaired) electrons. The van der Waals surface area contributed by atoms with Crippen LogP contribution in [0.4, 0.5) is 0 Å². The number of hydrogen-bond donors (Lipinski definition) is 0. The van der Waals surface area contributed by atoms with E-state index in [1.807, 2.05) is 0 Å². The monoisotopic (exact) mass is 337 g/mol. The first kappa shape index (κ1) is 21.4. The van der Waals surface area contributed by atoms with Gasteiger partial charge in [0.25, 0.3) is 0 Å². The second kappa shape index (κ2) is 14.7. The van der Waals surface area contributed by atoms with Gasteiger partial charge < -0.3 is 9.47 Å². The number of unbranched alkanes of at least 4 members (excludes halogenated alkanes) is 3. The molecule has 0 spiro atoms. The number of allylic oxidation sites excluding steroid dienone is 1. The largest absolute Gasteiger partial charge is 0.359 e. The third kappa shape index (κ3) is 10.2. The zero-order valence-corrected chi connectivity index (χ0v) is 16.3. The topological polar surface area (TPSA) is 30.8 Å². The van der Waals surface area contributed by atoms with E-state index in [0.29, 0.717) is 12.8 Å². The highest BCUT2D eigenvalue weighted by atomic mass is 16.7. The molecular formula is C21H39NO2. The van der Waals surface area contributed by atoms with Gasteiger partial charge >= 0.3 is 0 Å². The number of hydrogen-bond acceptors (Lipinski definition) is 3. The van der Waals surface area contributed by atoms with E-state index in [1.165, 1.54) is 57.1 Å². The Hall–Kier alpha value is -0.670. The molecule has 1 heterocycles. The van der Waals surface area contributed by atoms with Gasteiger partial charge in [-0.25, -0.2) is 0 Å². The molecule has 0 unspecified atom stereocenters. The Kier molecular flexibility index (Phi) is 13.1. The van der Waals surface area contributed by atoms with E-state index < -0.39 is 0 Å². The SMILES string of the molecule is CCC/C=C/[C@H](CCCC1=N[C@H](CCCCC)CCC1)OCOC. The number of ether oxygens (including phenoxy) is 2. The van der Waals surface area contributed by atoms with Crippen LogP contribution in [0.5, 0.6) is 0 Å². The molecule has 140 valence electrons. The first-order chi connectivity index (χ1) is 11.8. The lowest BCUT2D eigenvalue weighted by Gasteiger charge is -2.21. The van der Waals surface area contributed by atoms with Crippen LogP contribution in [0.3, 0.4) is 0 Å². The predicted molar refractivity (Wildman–Crippen MR) is 104 cm³/mol. The van der Waals surface area contributed by atoms with Crippen LogP contribution < -0.4 is 0 Å². The fraction of sp³-hybridized carbons (Fsp3) is 0.857. The Bertz CT molecular complexity index is 352. The molecule has 24 heavy (non-hydrogen) atoms. The second-order valence-corrected chi connectivity index (χ2v) is 6.96. The van der Waals surface area contributed by atoms with Gasteiger partial charge in [-0.05, 0) is 51.4 Å². The minimum absolute atomic E-state index is 0.182. The first-order valence-corrected chi connectivity index (χ1v) is 10.1. The van der Waals surface area contributed by atoms with Crippen LogP contribution in [0.15, 0.2) is 17.1 Å². The van der Waals surface area contributed by atoms with Crippen molar-refractivity contribution >= 4 is 5.71 Å². The molecule has 3 heteroatoms. The van der Waals surface area contributed by atoms with Crippen molar-refractivity contribution in [3.63, 3.8) is 0 Å². The van der Waals surface area contributed by atoms with Gasteiger partial charge in [-0.1, -0.05) is 51.7 Å². The summed E-state index contributed by atoms with van der Waals surface area (Å²) >= 11 is 0. The number of rotatable bonds is 14. The quantitative estimate of drug-likeness (QED) is 0.219. The average Bonchev–Trinajstić information content (AvgIpc) is 2.60. The van der Waals surface area contributed by atoms with Crippen LogP contribution in [-0.2, 0) is 9.47 Å². The average molecular weight is 338 g/mol. The van der Waals surface area contributed by atoms with Crippen LogP contribution in [-0.4, -0.2) is 31.8 Å². The summed E-state index contributed by atoms with van der Waals surface area (Å²) in [5.41, 5.74) is 1.45. The van der Waals surface area contributed by atoms with E-state index in [9.17, 15) is 0 Å². The number of nitrogens with zero attached hydrogens (tertiary/aromatic N) is 1. The Balaban J connectivity index is 2.33. The first-order valence-electron chi connectivity index (χ1n) is 10.1. The maximum atomic E-state index is 5.76. The maximum Gasteiger partial charge on any atom is 0.147 e. The Labute approximate surface area is 149 Å². The summed E-state index contributed by atoms with van der Waals surface area (Å²) in [5, 5.41) is 0. The lowest BCUT2D eigenvalue weighted by Crippen LogP contribution is -2.17. The highest BCUT2D eigenvalue weighted by Crippen LogP contribution is 2.21. The van der Waals surface area contributed by atoms with Gasteiger partial charge in [-0.3, -0.25) is 4.99 Å². The molecule has 1 aliphatic rings. The van der Waals surface area contributed by atoms with Crippen molar-refractivity contribution in [2.45, 2.75) is 103 Å². The molecule has 0 saturated heterocycles. The van der Waals surface area contributed by atoms with E-state index in [1.54, 1.807) is 7.11 Å². The molecule has 0 N–H and O–H groups in total. The van der Waals surface area contributed by atoms with Crippen LogP contribution in [0.1, 0.15) is 90.9 Å². The Morgan fingerprint density at radius 3 is 2.83 bits per heavy atom. The van der Waals surface area contributed by atoms with Crippen molar-refractivity contribution in [3.05, 3.63) is 12.2 Å². The van der Waals surface area contributed by atoms with Crippen molar-refractivity contribution in [1.29, 1.82) is 0 Å². The molecule has 0 saturated carbocycles. The van der Waals surface area contributed by atoms with Crippen molar-refractivity contribution < 1.29 is 9.47 Å². The minimum atomic E-state index is 0.182. The molecule has 1 aliphatic heterocycles. The fourth-order valence-corrected chi connectivity index (χ4v) is 3.27. The summed E-state index contributed by atoms with van der Waals surface area (Å²) in [4.78, 5) is 5.02. The lowest BCUT2D eigenvalue weighted by molar-refractivity contribution is -0.0578. The van der Waals surface area contributed by atoms with Gasteiger partial charge in [0.15, 0.2) is 0 Å². The van der Waals surface area contributed by atoms with Gasteiger partial charge in [0.1, 0.15) is 6.79 Å². The Morgan fingerprint density at radius 1 is 1.21 bits per heavy atom. The van der Waals surface area contributed by atoms with Gasteiger partial charge in [-0.2, -0.15) is 0 Å². The smallest absolute Gasteiger partial charge is 0.147 e. The number of methoxy groups -OCH3 is 1. The molecule has 0 bridgehead atoms. The van der Waals surface area contributed by atoms with E-state index in [-0.39, 0.29) is 6.10 Å².